The molecule has 0 aromatic heterocycles. The van der Waals surface area contributed by atoms with Gasteiger partial charge in [0.05, 0.1) is 10.9 Å². The number of sulfonamides is 1. The normalized spacial score (nSPS) is 15.7. The number of hydrogen-bond acceptors (Lipinski definition) is 5. The van der Waals surface area contributed by atoms with Crippen LogP contribution in [0.4, 0.5) is 0 Å². The highest BCUT2D eigenvalue weighted by atomic mass is 32.2. The van der Waals surface area contributed by atoms with Gasteiger partial charge in [-0.05, 0) is 68.0 Å². The monoisotopic (exact) mass is 448 g/mol. The van der Waals surface area contributed by atoms with Gasteiger partial charge in [-0.25, -0.2) is 13.1 Å². The van der Waals surface area contributed by atoms with Gasteiger partial charge >= 0.3 is 0 Å². The van der Waals surface area contributed by atoms with E-state index in [0.29, 0.717) is 5.75 Å². The van der Waals surface area contributed by atoms with Gasteiger partial charge in [-0.3, -0.25) is 4.79 Å². The second-order valence-corrected chi connectivity index (χ2v) is 10.0. The van der Waals surface area contributed by atoms with Crippen molar-refractivity contribution in [3.8, 4) is 5.75 Å². The van der Waals surface area contributed by atoms with Gasteiger partial charge in [-0.2, -0.15) is 0 Å². The van der Waals surface area contributed by atoms with E-state index in [0.717, 1.165) is 31.2 Å². The van der Waals surface area contributed by atoms with Gasteiger partial charge in [0.2, 0.25) is 10.0 Å². The highest BCUT2D eigenvalue weighted by Gasteiger charge is 2.22. The minimum absolute atomic E-state index is 0.0218. The van der Waals surface area contributed by atoms with Crippen LogP contribution in [0.15, 0.2) is 58.3 Å². The lowest BCUT2D eigenvalue weighted by Gasteiger charge is -2.15. The van der Waals surface area contributed by atoms with Crippen LogP contribution in [-0.4, -0.2) is 33.2 Å². The maximum atomic E-state index is 12.4. The summed E-state index contributed by atoms with van der Waals surface area (Å²) in [6.45, 7) is 1.78. The molecule has 1 saturated carbocycles. The SMILES string of the molecule is CSc1ccc([C@H](C)NC(=O)COc2ccc(S(=O)(=O)NC3CCCC3)cc2)cc1. The predicted octanol–water partition coefficient (Wildman–Crippen LogP) is 3.89. The Kier molecular flexibility index (Phi) is 7.80. The van der Waals surface area contributed by atoms with Crippen molar-refractivity contribution in [1.29, 1.82) is 0 Å². The molecule has 30 heavy (non-hydrogen) atoms. The van der Waals surface area contributed by atoms with E-state index in [2.05, 4.69) is 10.0 Å². The first-order valence-corrected chi connectivity index (χ1v) is 12.8. The minimum Gasteiger partial charge on any atom is -0.484 e. The van der Waals surface area contributed by atoms with Crippen molar-refractivity contribution in [2.24, 2.45) is 0 Å². The molecule has 2 N–H and O–H groups in total. The van der Waals surface area contributed by atoms with E-state index in [1.54, 1.807) is 23.9 Å². The molecule has 1 aliphatic rings. The molecule has 2 aromatic carbocycles. The summed E-state index contributed by atoms with van der Waals surface area (Å²) in [5, 5.41) is 2.90. The summed E-state index contributed by atoms with van der Waals surface area (Å²) < 4.78 is 33.2. The fourth-order valence-corrected chi connectivity index (χ4v) is 5.17. The van der Waals surface area contributed by atoms with Crippen LogP contribution in [0.1, 0.15) is 44.2 Å². The Labute approximate surface area is 182 Å². The van der Waals surface area contributed by atoms with E-state index in [1.165, 1.54) is 17.0 Å². The molecule has 0 unspecified atom stereocenters. The van der Waals surface area contributed by atoms with Crippen LogP contribution in [0.5, 0.6) is 5.75 Å². The molecule has 0 bridgehead atoms. The molecule has 0 radical (unpaired) electrons. The molecule has 0 spiro atoms. The second-order valence-electron chi connectivity index (χ2n) is 7.43. The molecule has 6 nitrogen and oxygen atoms in total. The van der Waals surface area contributed by atoms with Crippen LogP contribution >= 0.6 is 11.8 Å². The molecule has 0 heterocycles. The number of carbonyl (C=O) groups excluding carboxylic acids is 1. The lowest BCUT2D eigenvalue weighted by molar-refractivity contribution is -0.123. The van der Waals surface area contributed by atoms with Crippen LogP contribution in [0.25, 0.3) is 0 Å². The van der Waals surface area contributed by atoms with Crippen LogP contribution in [0.2, 0.25) is 0 Å². The second kappa shape index (κ2) is 10.3. The van der Waals surface area contributed by atoms with E-state index in [-0.39, 0.29) is 29.5 Å². The molecule has 0 saturated heterocycles. The quantitative estimate of drug-likeness (QED) is 0.569. The first kappa shape index (κ1) is 22.7. The number of nitrogens with one attached hydrogen (secondary N) is 2. The van der Waals surface area contributed by atoms with E-state index in [1.807, 2.05) is 37.4 Å². The average Bonchev–Trinajstić information content (AvgIpc) is 3.25. The molecular weight excluding hydrogens is 420 g/mol. The smallest absolute Gasteiger partial charge is 0.258 e. The van der Waals surface area contributed by atoms with Crippen molar-refractivity contribution in [2.45, 2.75) is 54.5 Å². The van der Waals surface area contributed by atoms with Crippen molar-refractivity contribution in [2.75, 3.05) is 12.9 Å². The van der Waals surface area contributed by atoms with E-state index in [4.69, 9.17) is 4.74 Å². The van der Waals surface area contributed by atoms with Crippen LogP contribution in [0, 0.1) is 0 Å². The van der Waals surface area contributed by atoms with Gasteiger partial charge in [-0.15, -0.1) is 11.8 Å². The third-order valence-corrected chi connectivity index (χ3v) is 7.45. The van der Waals surface area contributed by atoms with Crippen LogP contribution in [-0.2, 0) is 14.8 Å². The number of ether oxygens (including phenoxy) is 1. The molecule has 2 aromatic rings. The summed E-state index contributed by atoms with van der Waals surface area (Å²) in [6.07, 6.45) is 5.91. The van der Waals surface area contributed by atoms with E-state index in [9.17, 15) is 13.2 Å². The average molecular weight is 449 g/mol. The van der Waals surface area contributed by atoms with Gasteiger partial charge in [0.25, 0.3) is 5.91 Å². The lowest BCUT2D eigenvalue weighted by atomic mass is 10.1. The predicted molar refractivity (Wildman–Crippen MR) is 119 cm³/mol. The Hall–Kier alpha value is -2.03. The van der Waals surface area contributed by atoms with E-state index >= 15 is 0 Å². The summed E-state index contributed by atoms with van der Waals surface area (Å²) in [4.78, 5) is 13.6. The number of thioether (sulfide) groups is 1. The summed E-state index contributed by atoms with van der Waals surface area (Å²) in [6, 6.07) is 14.1. The van der Waals surface area contributed by atoms with Crippen molar-refractivity contribution in [1.82, 2.24) is 10.0 Å². The molecule has 162 valence electrons. The molecule has 1 atom stereocenters. The summed E-state index contributed by atoms with van der Waals surface area (Å²) in [7, 11) is -3.53. The standard InChI is InChI=1S/C22H28N2O4S2/c1-16(17-7-11-20(29-2)12-8-17)23-22(25)15-28-19-9-13-21(14-10-19)30(26,27)24-18-5-3-4-6-18/h7-14,16,18,24H,3-6,15H2,1-2H3,(H,23,25)/t16-/m0/s1. The van der Waals surface area contributed by atoms with Crippen molar-refractivity contribution >= 4 is 27.7 Å². The van der Waals surface area contributed by atoms with Crippen molar-refractivity contribution in [3.05, 3.63) is 54.1 Å². The fourth-order valence-electron chi connectivity index (χ4n) is 3.45. The van der Waals surface area contributed by atoms with Gasteiger partial charge in [0, 0.05) is 10.9 Å². The highest BCUT2D eigenvalue weighted by molar-refractivity contribution is 7.98. The Balaban J connectivity index is 1.49. The Morgan fingerprint density at radius 1 is 1.10 bits per heavy atom. The Bertz CT molecular complexity index is 938. The first-order chi connectivity index (χ1) is 14.4. The topological polar surface area (TPSA) is 84.5 Å². The maximum Gasteiger partial charge on any atom is 0.258 e. The van der Waals surface area contributed by atoms with Gasteiger partial charge in [0.15, 0.2) is 6.61 Å². The van der Waals surface area contributed by atoms with Gasteiger partial charge < -0.3 is 10.1 Å². The third kappa shape index (κ3) is 6.23. The zero-order valence-electron chi connectivity index (χ0n) is 17.3. The minimum atomic E-state index is -3.53. The summed E-state index contributed by atoms with van der Waals surface area (Å²) in [5.74, 6) is 0.206. The number of amides is 1. The maximum absolute atomic E-state index is 12.4. The summed E-state index contributed by atoms with van der Waals surface area (Å²) in [5.41, 5.74) is 1.02. The van der Waals surface area contributed by atoms with Crippen LogP contribution in [0.3, 0.4) is 0 Å². The molecule has 0 aliphatic heterocycles. The largest absolute Gasteiger partial charge is 0.484 e. The van der Waals surface area contributed by atoms with Crippen molar-refractivity contribution in [3.63, 3.8) is 0 Å². The lowest BCUT2D eigenvalue weighted by Crippen LogP contribution is -2.32. The number of benzene rings is 2. The number of hydrogen-bond donors (Lipinski definition) is 2. The molecule has 1 fully saturated rings. The molecule has 8 heteroatoms. The molecule has 3 rings (SSSR count). The van der Waals surface area contributed by atoms with Gasteiger partial charge in [0.1, 0.15) is 5.75 Å². The van der Waals surface area contributed by atoms with E-state index < -0.39 is 10.0 Å². The van der Waals surface area contributed by atoms with Gasteiger partial charge in [-0.1, -0.05) is 25.0 Å². The zero-order valence-corrected chi connectivity index (χ0v) is 18.9. The molecule has 1 amide bonds. The number of carbonyl (C=O) groups is 1. The molecular formula is C22H28N2O4S2. The fraction of sp³-hybridized carbons (Fsp3) is 0.409. The van der Waals surface area contributed by atoms with Crippen molar-refractivity contribution < 1.29 is 17.9 Å². The first-order valence-electron chi connectivity index (χ1n) is 10.1. The number of rotatable bonds is 9. The summed E-state index contributed by atoms with van der Waals surface area (Å²) >= 11 is 1.67. The highest BCUT2D eigenvalue weighted by Crippen LogP contribution is 2.22. The molecule has 1 aliphatic carbocycles. The Morgan fingerprint density at radius 3 is 2.33 bits per heavy atom. The van der Waals surface area contributed by atoms with Crippen LogP contribution < -0.4 is 14.8 Å². The Morgan fingerprint density at radius 2 is 1.73 bits per heavy atom. The zero-order chi connectivity index (χ0) is 21.6. The third-order valence-electron chi connectivity index (χ3n) is 5.17.